The van der Waals surface area contributed by atoms with Gasteiger partial charge in [-0.05, 0) is 45.2 Å². The Labute approximate surface area is 111 Å². The lowest BCUT2D eigenvalue weighted by Gasteiger charge is -2.48. The molecule has 0 radical (unpaired) electrons. The van der Waals surface area contributed by atoms with Crippen LogP contribution >= 0.6 is 0 Å². The predicted octanol–water partition coefficient (Wildman–Crippen LogP) is 2.03. The van der Waals surface area contributed by atoms with Crippen LogP contribution in [0.15, 0.2) is 0 Å². The number of nitrogens with one attached hydrogen (secondary N) is 1. The minimum Gasteiger partial charge on any atom is -0.296 e. The molecule has 0 spiro atoms. The Balaban J connectivity index is 2.10. The summed E-state index contributed by atoms with van der Waals surface area (Å²) in [6.45, 7) is 2.49. The summed E-state index contributed by atoms with van der Waals surface area (Å²) >= 11 is 0. The van der Waals surface area contributed by atoms with Crippen LogP contribution in [-0.4, -0.2) is 29.6 Å². The molecule has 18 heavy (non-hydrogen) atoms. The molecular weight excluding hydrogens is 222 g/mol. The van der Waals surface area contributed by atoms with Crippen molar-refractivity contribution in [2.75, 3.05) is 13.1 Å². The first-order valence-electron chi connectivity index (χ1n) is 7.48. The number of piperidine rings is 1. The maximum atomic E-state index is 5.84. The third-order valence-corrected chi connectivity index (χ3v) is 4.88. The van der Waals surface area contributed by atoms with E-state index >= 15 is 0 Å². The molecule has 3 nitrogen and oxygen atoms in total. The lowest BCUT2D eigenvalue weighted by atomic mass is 9.82. The maximum Gasteiger partial charge on any atom is 0.0403 e. The highest BCUT2D eigenvalue weighted by molar-refractivity contribution is 5.04. The zero-order valence-electron chi connectivity index (χ0n) is 11.5. The zero-order valence-corrected chi connectivity index (χ0v) is 11.5. The summed E-state index contributed by atoms with van der Waals surface area (Å²) in [6.07, 6.45) is 16.6. The fraction of sp³-hybridized carbons (Fsp3) is 0.867. The van der Waals surface area contributed by atoms with Crippen LogP contribution < -0.4 is 11.3 Å². The number of rotatable bonds is 5. The van der Waals surface area contributed by atoms with Crippen LogP contribution in [0.5, 0.6) is 0 Å². The summed E-state index contributed by atoms with van der Waals surface area (Å²) < 4.78 is 0. The first kappa shape index (κ1) is 13.9. The molecule has 0 aromatic rings. The molecule has 2 aliphatic rings. The number of hydrogen-bond donors (Lipinski definition) is 2. The first-order chi connectivity index (χ1) is 8.83. The van der Waals surface area contributed by atoms with Crippen molar-refractivity contribution in [1.82, 2.24) is 10.3 Å². The van der Waals surface area contributed by atoms with Crippen molar-refractivity contribution in [2.45, 2.75) is 69.4 Å². The van der Waals surface area contributed by atoms with Crippen LogP contribution in [0.25, 0.3) is 0 Å². The smallest absolute Gasteiger partial charge is 0.0403 e. The van der Waals surface area contributed by atoms with Gasteiger partial charge >= 0.3 is 0 Å². The van der Waals surface area contributed by atoms with E-state index in [0.29, 0.717) is 6.04 Å². The normalized spacial score (nSPS) is 25.8. The minimum atomic E-state index is 0.284. The van der Waals surface area contributed by atoms with E-state index < -0.39 is 0 Å². The van der Waals surface area contributed by atoms with E-state index in [-0.39, 0.29) is 5.54 Å². The Kier molecular flexibility index (Phi) is 5.05. The highest BCUT2D eigenvalue weighted by atomic mass is 15.3. The molecule has 3 heteroatoms. The topological polar surface area (TPSA) is 41.3 Å². The molecule has 0 bridgehead atoms. The third-order valence-electron chi connectivity index (χ3n) is 4.88. The van der Waals surface area contributed by atoms with Gasteiger partial charge in [-0.2, -0.15) is 0 Å². The number of nitrogens with two attached hydrogens (primary N) is 1. The van der Waals surface area contributed by atoms with E-state index in [9.17, 15) is 0 Å². The lowest BCUT2D eigenvalue weighted by Crippen LogP contribution is -2.62. The Morgan fingerprint density at radius 1 is 1.17 bits per heavy atom. The van der Waals surface area contributed by atoms with Crippen molar-refractivity contribution in [3.63, 3.8) is 0 Å². The Morgan fingerprint density at radius 2 is 1.83 bits per heavy atom. The van der Waals surface area contributed by atoms with Crippen molar-refractivity contribution >= 4 is 0 Å². The summed E-state index contributed by atoms with van der Waals surface area (Å²) in [5.74, 6) is 8.60. The number of likely N-dealkylation sites (tertiary alicyclic amines) is 1. The van der Waals surface area contributed by atoms with Crippen LogP contribution in [-0.2, 0) is 0 Å². The highest BCUT2D eigenvalue weighted by Gasteiger charge is 2.45. The summed E-state index contributed by atoms with van der Waals surface area (Å²) in [5.41, 5.74) is 3.36. The van der Waals surface area contributed by atoms with Crippen LogP contribution in [0.3, 0.4) is 0 Å². The molecule has 2 rings (SSSR count). The summed E-state index contributed by atoms with van der Waals surface area (Å²) in [5, 5.41) is 0. The van der Waals surface area contributed by atoms with Crippen molar-refractivity contribution in [1.29, 1.82) is 0 Å². The summed E-state index contributed by atoms with van der Waals surface area (Å²) in [7, 11) is 0. The fourth-order valence-corrected chi connectivity index (χ4v) is 3.95. The largest absolute Gasteiger partial charge is 0.296 e. The molecule has 1 saturated carbocycles. The predicted molar refractivity (Wildman–Crippen MR) is 75.8 cm³/mol. The van der Waals surface area contributed by atoms with Crippen LogP contribution in [0.1, 0.15) is 57.8 Å². The van der Waals surface area contributed by atoms with E-state index in [1.807, 2.05) is 0 Å². The molecule has 1 saturated heterocycles. The molecule has 1 heterocycles. The Hall–Kier alpha value is -0.560. The molecule has 2 fully saturated rings. The van der Waals surface area contributed by atoms with Gasteiger partial charge in [-0.1, -0.05) is 19.3 Å². The lowest BCUT2D eigenvalue weighted by molar-refractivity contribution is 0.0344. The molecule has 1 aliphatic heterocycles. The molecule has 0 amide bonds. The van der Waals surface area contributed by atoms with Gasteiger partial charge in [0.25, 0.3) is 0 Å². The zero-order chi connectivity index (χ0) is 12.8. The van der Waals surface area contributed by atoms with E-state index in [2.05, 4.69) is 16.2 Å². The monoisotopic (exact) mass is 249 g/mol. The molecular formula is C15H27N3. The Bertz CT molecular complexity index is 283. The number of terminal acetylenes is 1. The van der Waals surface area contributed by atoms with Crippen LogP contribution in [0.4, 0.5) is 0 Å². The SMILES string of the molecule is C#CCCC(NN)C1(N2CCCCC2)CCCC1. The van der Waals surface area contributed by atoms with Crippen molar-refractivity contribution in [3.8, 4) is 12.3 Å². The van der Waals surface area contributed by atoms with E-state index in [1.54, 1.807) is 0 Å². The van der Waals surface area contributed by atoms with Gasteiger partial charge in [-0.15, -0.1) is 12.3 Å². The fourth-order valence-electron chi connectivity index (χ4n) is 3.95. The van der Waals surface area contributed by atoms with Gasteiger partial charge in [0.2, 0.25) is 0 Å². The standard InChI is InChI=1S/C15H27N3/c1-2-3-9-14(17-16)15(10-5-6-11-15)18-12-7-4-8-13-18/h1,14,17H,3-13,16H2. The number of hydrazine groups is 1. The second-order valence-electron chi connectivity index (χ2n) is 5.82. The molecule has 1 unspecified atom stereocenters. The van der Waals surface area contributed by atoms with Gasteiger partial charge in [-0.3, -0.25) is 16.2 Å². The minimum absolute atomic E-state index is 0.284. The quantitative estimate of drug-likeness (QED) is 0.445. The molecule has 3 N–H and O–H groups in total. The molecule has 0 aromatic carbocycles. The maximum absolute atomic E-state index is 5.84. The molecule has 0 aromatic heterocycles. The Morgan fingerprint density at radius 3 is 2.39 bits per heavy atom. The van der Waals surface area contributed by atoms with Gasteiger partial charge in [-0.25, -0.2) is 0 Å². The van der Waals surface area contributed by atoms with Crippen LogP contribution in [0, 0.1) is 12.3 Å². The average Bonchev–Trinajstić information content (AvgIpc) is 2.91. The third kappa shape index (κ3) is 2.71. The van der Waals surface area contributed by atoms with E-state index in [4.69, 9.17) is 12.3 Å². The molecule has 1 atom stereocenters. The van der Waals surface area contributed by atoms with Gasteiger partial charge < -0.3 is 0 Å². The van der Waals surface area contributed by atoms with Gasteiger partial charge in [0, 0.05) is 18.0 Å². The summed E-state index contributed by atoms with van der Waals surface area (Å²) in [4.78, 5) is 2.71. The first-order valence-corrected chi connectivity index (χ1v) is 7.48. The second kappa shape index (κ2) is 6.56. The van der Waals surface area contributed by atoms with Crippen molar-refractivity contribution in [3.05, 3.63) is 0 Å². The van der Waals surface area contributed by atoms with Crippen molar-refractivity contribution in [2.24, 2.45) is 5.84 Å². The van der Waals surface area contributed by atoms with Crippen molar-refractivity contribution < 1.29 is 0 Å². The molecule has 1 aliphatic carbocycles. The second-order valence-corrected chi connectivity index (χ2v) is 5.82. The van der Waals surface area contributed by atoms with Crippen LogP contribution in [0.2, 0.25) is 0 Å². The molecule has 102 valence electrons. The number of nitrogens with zero attached hydrogens (tertiary/aromatic N) is 1. The van der Waals surface area contributed by atoms with E-state index in [1.165, 1.54) is 58.0 Å². The number of hydrogen-bond acceptors (Lipinski definition) is 3. The highest BCUT2D eigenvalue weighted by Crippen LogP contribution is 2.40. The average molecular weight is 249 g/mol. The van der Waals surface area contributed by atoms with Gasteiger partial charge in [0.15, 0.2) is 0 Å². The van der Waals surface area contributed by atoms with Gasteiger partial charge in [0.05, 0.1) is 0 Å². The van der Waals surface area contributed by atoms with Gasteiger partial charge in [0.1, 0.15) is 0 Å². The van der Waals surface area contributed by atoms with E-state index in [0.717, 1.165) is 12.8 Å². The summed E-state index contributed by atoms with van der Waals surface area (Å²) in [6, 6.07) is 0.356.